The Kier molecular flexibility index (Phi) is 11.2. The molecule has 12 heteroatoms. The zero-order valence-electron chi connectivity index (χ0n) is 29.5. The second-order valence-electron chi connectivity index (χ2n) is 14.0. The van der Waals surface area contributed by atoms with Gasteiger partial charge in [-0.1, -0.05) is 20.8 Å². The second-order valence-corrected chi connectivity index (χ2v) is 18.8. The van der Waals surface area contributed by atoms with Crippen LogP contribution in [0.4, 0.5) is 16.2 Å². The molecule has 0 bridgehead atoms. The molecule has 254 valence electrons. The van der Waals surface area contributed by atoms with Crippen LogP contribution in [0.2, 0.25) is 18.1 Å². The van der Waals surface area contributed by atoms with Gasteiger partial charge in [-0.05, 0) is 63.5 Å². The van der Waals surface area contributed by atoms with Crippen LogP contribution in [0.5, 0.6) is 11.5 Å². The number of amides is 1. The Morgan fingerprint density at radius 1 is 0.936 bits per heavy atom. The van der Waals surface area contributed by atoms with Gasteiger partial charge in [-0.3, -0.25) is 9.67 Å². The number of methoxy groups -OCH3 is 2. The number of nitrogens with zero attached hydrogens (tertiary/aromatic N) is 5. The smallest absolute Gasteiger partial charge is 0.407 e. The number of ether oxygens (including phenoxy) is 3. The first kappa shape index (κ1) is 35.7. The van der Waals surface area contributed by atoms with Crippen molar-refractivity contribution in [3.63, 3.8) is 0 Å². The van der Waals surface area contributed by atoms with E-state index in [-0.39, 0.29) is 5.04 Å². The monoisotopic (exact) mass is 662 g/mol. The molecule has 4 aromatic rings. The number of alkyl carbamates (subject to hydrolysis) is 1. The molecule has 0 fully saturated rings. The molecule has 0 aliphatic carbocycles. The topological polar surface area (TPSA) is 113 Å². The number of hydrogen-bond acceptors (Lipinski definition) is 9. The number of hydrogen-bond donors (Lipinski definition) is 1. The Bertz CT molecular complexity index is 1640. The maximum absolute atomic E-state index is 11.9. The van der Waals surface area contributed by atoms with Gasteiger partial charge >= 0.3 is 6.09 Å². The summed E-state index contributed by atoms with van der Waals surface area (Å²) in [5, 5.41) is 7.39. The summed E-state index contributed by atoms with van der Waals surface area (Å²) < 4.78 is 24.9. The Balaban J connectivity index is 1.56. The number of aromatic nitrogens is 4. The van der Waals surface area contributed by atoms with Crippen molar-refractivity contribution in [3.8, 4) is 22.8 Å². The fourth-order valence-electron chi connectivity index (χ4n) is 4.63. The van der Waals surface area contributed by atoms with Crippen LogP contribution in [-0.2, 0) is 15.7 Å². The molecule has 0 aliphatic rings. The number of anilines is 2. The highest BCUT2D eigenvalue weighted by molar-refractivity contribution is 6.74. The standard InChI is InChI=1S/C35H50N6O5Si/c1-34(2,3)46-33(42)36-14-11-15-40-24-25(22-38-40)32-23-37-30-13-12-26(20-31(30)39-32)41(16-17-45-47(9,10)35(4,5)6)27-18-28(43-7)21-29(19-27)44-8/h12-13,18-24H,11,14-17H2,1-10H3,(H,36,42). The van der Waals surface area contributed by atoms with Crippen LogP contribution in [0.15, 0.2) is 55.0 Å². The molecule has 4 rings (SSSR count). The summed E-state index contributed by atoms with van der Waals surface area (Å²) in [5.74, 6) is 1.41. The van der Waals surface area contributed by atoms with Gasteiger partial charge in [0.05, 0.1) is 49.9 Å². The lowest BCUT2D eigenvalue weighted by Gasteiger charge is -2.37. The summed E-state index contributed by atoms with van der Waals surface area (Å²) in [6.07, 6.45) is 5.79. The van der Waals surface area contributed by atoms with E-state index in [0.717, 1.165) is 33.7 Å². The fraction of sp³-hybridized carbons (Fsp3) is 0.486. The van der Waals surface area contributed by atoms with Crippen LogP contribution in [0.25, 0.3) is 22.3 Å². The summed E-state index contributed by atoms with van der Waals surface area (Å²) in [6.45, 7) is 19.1. The lowest BCUT2D eigenvalue weighted by molar-refractivity contribution is 0.0526. The molecule has 0 saturated carbocycles. The summed E-state index contributed by atoms with van der Waals surface area (Å²) in [4.78, 5) is 23.8. The van der Waals surface area contributed by atoms with E-state index in [9.17, 15) is 4.79 Å². The van der Waals surface area contributed by atoms with Crippen molar-refractivity contribution in [2.45, 2.75) is 78.2 Å². The van der Waals surface area contributed by atoms with Gasteiger partial charge in [0, 0.05) is 61.0 Å². The van der Waals surface area contributed by atoms with Crippen molar-refractivity contribution in [2.75, 3.05) is 38.8 Å². The first-order valence-corrected chi connectivity index (χ1v) is 18.9. The molecule has 0 radical (unpaired) electrons. The van der Waals surface area contributed by atoms with E-state index in [1.807, 2.05) is 55.9 Å². The van der Waals surface area contributed by atoms with E-state index in [0.29, 0.717) is 44.2 Å². The van der Waals surface area contributed by atoms with Crippen molar-refractivity contribution >= 4 is 36.8 Å². The SMILES string of the molecule is COc1cc(OC)cc(N(CCO[Si](C)(C)C(C)(C)C)c2ccc3ncc(-c4cnn(CCCNC(=O)OC(C)(C)C)c4)nc3c2)c1. The predicted octanol–water partition coefficient (Wildman–Crippen LogP) is 7.59. The zero-order valence-corrected chi connectivity index (χ0v) is 30.5. The van der Waals surface area contributed by atoms with Gasteiger partial charge in [0.2, 0.25) is 0 Å². The largest absolute Gasteiger partial charge is 0.497 e. The third-order valence-corrected chi connectivity index (χ3v) is 12.8. The molecule has 11 nitrogen and oxygen atoms in total. The molecular weight excluding hydrogens is 613 g/mol. The number of rotatable bonds is 13. The molecule has 0 spiro atoms. The van der Waals surface area contributed by atoms with Crippen LogP contribution >= 0.6 is 0 Å². The second kappa shape index (κ2) is 14.7. The number of carbonyl (C=O) groups is 1. The predicted molar refractivity (Wildman–Crippen MR) is 189 cm³/mol. The zero-order chi connectivity index (χ0) is 34.4. The van der Waals surface area contributed by atoms with E-state index >= 15 is 0 Å². The van der Waals surface area contributed by atoms with E-state index in [2.05, 4.69) is 61.3 Å². The Morgan fingerprint density at radius 3 is 2.28 bits per heavy atom. The van der Waals surface area contributed by atoms with Crippen molar-refractivity contribution in [1.82, 2.24) is 25.1 Å². The van der Waals surface area contributed by atoms with Crippen LogP contribution in [0, 0.1) is 0 Å². The quantitative estimate of drug-likeness (QED) is 0.114. The fourth-order valence-corrected chi connectivity index (χ4v) is 5.67. The normalized spacial score (nSPS) is 12.2. The molecule has 2 aromatic heterocycles. The number of fused-ring (bicyclic) bond motifs is 1. The van der Waals surface area contributed by atoms with Gasteiger partial charge in [-0.15, -0.1) is 0 Å². The first-order chi connectivity index (χ1) is 22.1. The minimum Gasteiger partial charge on any atom is -0.497 e. The van der Waals surface area contributed by atoms with E-state index in [1.165, 1.54) is 0 Å². The van der Waals surface area contributed by atoms with E-state index in [1.54, 1.807) is 26.6 Å². The molecule has 47 heavy (non-hydrogen) atoms. The van der Waals surface area contributed by atoms with Gasteiger partial charge in [0.25, 0.3) is 0 Å². The lowest BCUT2D eigenvalue weighted by atomic mass is 10.2. The van der Waals surface area contributed by atoms with Gasteiger partial charge in [-0.25, -0.2) is 9.78 Å². The van der Waals surface area contributed by atoms with Gasteiger partial charge in [-0.2, -0.15) is 5.10 Å². The Labute approximate surface area is 279 Å². The molecule has 0 unspecified atom stereocenters. The van der Waals surface area contributed by atoms with Crippen LogP contribution < -0.4 is 19.7 Å². The lowest BCUT2D eigenvalue weighted by Crippen LogP contribution is -2.42. The minimum absolute atomic E-state index is 0.108. The maximum atomic E-state index is 11.9. The average molecular weight is 663 g/mol. The summed E-state index contributed by atoms with van der Waals surface area (Å²) in [6, 6.07) is 12.0. The van der Waals surface area contributed by atoms with Crippen molar-refractivity contribution < 1.29 is 23.4 Å². The molecule has 0 aliphatic heterocycles. The minimum atomic E-state index is -1.95. The number of nitrogens with one attached hydrogen (secondary N) is 1. The molecule has 1 amide bonds. The first-order valence-electron chi connectivity index (χ1n) is 16.0. The number of carbonyl (C=O) groups excluding carboxylic acids is 1. The van der Waals surface area contributed by atoms with E-state index < -0.39 is 20.0 Å². The van der Waals surface area contributed by atoms with Crippen LogP contribution in [0.1, 0.15) is 48.0 Å². The van der Waals surface area contributed by atoms with Crippen molar-refractivity contribution in [1.29, 1.82) is 0 Å². The molecular formula is C35H50N6O5Si. The highest BCUT2D eigenvalue weighted by Gasteiger charge is 2.37. The van der Waals surface area contributed by atoms with Crippen molar-refractivity contribution in [3.05, 3.63) is 55.0 Å². The number of benzene rings is 2. The van der Waals surface area contributed by atoms with Gasteiger partial charge in [0.15, 0.2) is 8.32 Å². The molecule has 1 N–H and O–H groups in total. The Hall–Kier alpha value is -4.16. The van der Waals surface area contributed by atoms with Crippen molar-refractivity contribution in [2.24, 2.45) is 0 Å². The number of aryl methyl sites for hydroxylation is 1. The van der Waals surface area contributed by atoms with E-state index in [4.69, 9.17) is 28.6 Å². The molecule has 0 saturated heterocycles. The Morgan fingerprint density at radius 2 is 1.64 bits per heavy atom. The summed E-state index contributed by atoms with van der Waals surface area (Å²) >= 11 is 0. The summed E-state index contributed by atoms with van der Waals surface area (Å²) in [5.41, 5.74) is 4.49. The van der Waals surface area contributed by atoms with Crippen LogP contribution in [-0.4, -0.2) is 73.7 Å². The molecule has 2 heterocycles. The molecule has 2 aromatic carbocycles. The van der Waals surface area contributed by atoms with Gasteiger partial charge < -0.3 is 28.9 Å². The molecule has 0 atom stereocenters. The third-order valence-electron chi connectivity index (χ3n) is 8.23. The summed E-state index contributed by atoms with van der Waals surface area (Å²) in [7, 11) is 1.35. The maximum Gasteiger partial charge on any atom is 0.407 e. The van der Waals surface area contributed by atoms with Gasteiger partial charge in [0.1, 0.15) is 17.1 Å². The third kappa shape index (κ3) is 9.68. The highest BCUT2D eigenvalue weighted by Crippen LogP contribution is 2.37. The highest BCUT2D eigenvalue weighted by atomic mass is 28.4. The van der Waals surface area contributed by atoms with Crippen LogP contribution in [0.3, 0.4) is 0 Å². The average Bonchev–Trinajstić information content (AvgIpc) is 3.48.